The zero-order valence-corrected chi connectivity index (χ0v) is 18.6. The lowest BCUT2D eigenvalue weighted by atomic mass is 9.90. The fraction of sp³-hybridized carbons (Fsp3) is 0.375. The average Bonchev–Trinajstić information content (AvgIpc) is 3.30. The Kier molecular flexibility index (Phi) is 7.32. The number of hydrogen-bond donors (Lipinski definition) is 2. The van der Waals surface area contributed by atoms with Gasteiger partial charge in [0.1, 0.15) is 30.3 Å². The van der Waals surface area contributed by atoms with Crippen LogP contribution in [0.25, 0.3) is 0 Å². The molecule has 3 aromatic rings. The van der Waals surface area contributed by atoms with E-state index in [1.807, 2.05) is 41.2 Å². The van der Waals surface area contributed by atoms with E-state index < -0.39 is 11.7 Å². The molecule has 0 saturated carbocycles. The number of ether oxygens (including phenoxy) is 2. The van der Waals surface area contributed by atoms with Gasteiger partial charge in [0.2, 0.25) is 0 Å². The van der Waals surface area contributed by atoms with Crippen molar-refractivity contribution in [2.75, 3.05) is 26.3 Å². The summed E-state index contributed by atoms with van der Waals surface area (Å²) in [4.78, 5) is 2.13. The first-order valence-corrected chi connectivity index (χ1v) is 11.1. The molecule has 2 heterocycles. The topological polar surface area (TPSA) is 80.0 Å². The number of aromatic nitrogens is 2. The Morgan fingerprint density at radius 3 is 2.72 bits per heavy atom. The maximum absolute atomic E-state index is 11.1. The SMILES string of the molecule is O[C@H]1CCN(Cc2cccc(OCCn3cccn3)c2)C[C@]1(O)COc1ccc(Cl)cc1. The molecule has 7 nitrogen and oxygen atoms in total. The van der Waals surface area contributed by atoms with Crippen molar-refractivity contribution in [1.29, 1.82) is 0 Å². The Morgan fingerprint density at radius 2 is 1.94 bits per heavy atom. The summed E-state index contributed by atoms with van der Waals surface area (Å²) in [7, 11) is 0. The number of hydrogen-bond acceptors (Lipinski definition) is 6. The Bertz CT molecular complexity index is 983. The predicted octanol–water partition coefficient (Wildman–Crippen LogP) is 2.99. The molecule has 1 saturated heterocycles. The molecule has 170 valence electrons. The molecule has 2 N–H and O–H groups in total. The summed E-state index contributed by atoms with van der Waals surface area (Å²) in [5.74, 6) is 1.40. The smallest absolute Gasteiger partial charge is 0.137 e. The summed E-state index contributed by atoms with van der Waals surface area (Å²) in [6.45, 7) is 2.86. The molecular weight excluding hydrogens is 430 g/mol. The Hall–Kier alpha value is -2.58. The van der Waals surface area contributed by atoms with Crippen LogP contribution in [0.2, 0.25) is 5.02 Å². The van der Waals surface area contributed by atoms with Gasteiger partial charge in [-0.1, -0.05) is 23.7 Å². The molecule has 1 fully saturated rings. The van der Waals surface area contributed by atoms with Crippen LogP contribution in [0.5, 0.6) is 11.5 Å². The summed E-state index contributed by atoms with van der Waals surface area (Å²) in [6, 6.07) is 16.8. The molecule has 0 unspecified atom stereocenters. The summed E-state index contributed by atoms with van der Waals surface area (Å²) in [5, 5.41) is 26.3. The summed E-state index contributed by atoms with van der Waals surface area (Å²) >= 11 is 5.91. The lowest BCUT2D eigenvalue weighted by molar-refractivity contribution is -0.140. The Balaban J connectivity index is 1.32. The van der Waals surface area contributed by atoms with E-state index in [-0.39, 0.29) is 6.61 Å². The fourth-order valence-corrected chi connectivity index (χ4v) is 3.97. The van der Waals surface area contributed by atoms with Crippen LogP contribution in [-0.2, 0) is 13.1 Å². The van der Waals surface area contributed by atoms with E-state index in [0.717, 1.165) is 11.3 Å². The van der Waals surface area contributed by atoms with Gasteiger partial charge in [-0.2, -0.15) is 5.10 Å². The molecule has 1 aliphatic rings. The van der Waals surface area contributed by atoms with Gasteiger partial charge in [-0.15, -0.1) is 0 Å². The first kappa shape index (κ1) is 22.6. The number of β-amino-alcohol motifs (C(OH)–C–C–N with tert-alkyl or cyclic N) is 1. The van der Waals surface area contributed by atoms with Crippen molar-refractivity contribution in [1.82, 2.24) is 14.7 Å². The maximum atomic E-state index is 11.1. The molecule has 0 aliphatic carbocycles. The molecule has 8 heteroatoms. The molecule has 1 aromatic heterocycles. The van der Waals surface area contributed by atoms with Crippen LogP contribution < -0.4 is 9.47 Å². The number of rotatable bonds is 9. The zero-order chi connectivity index (χ0) is 22.4. The number of benzene rings is 2. The van der Waals surface area contributed by atoms with Gasteiger partial charge in [-0.05, 0) is 54.4 Å². The fourth-order valence-electron chi connectivity index (χ4n) is 3.84. The molecule has 0 amide bonds. The van der Waals surface area contributed by atoms with Crippen molar-refractivity contribution >= 4 is 11.6 Å². The Labute approximate surface area is 192 Å². The van der Waals surface area contributed by atoms with Crippen molar-refractivity contribution in [2.24, 2.45) is 0 Å². The van der Waals surface area contributed by atoms with Crippen LogP contribution in [0.4, 0.5) is 0 Å². The lowest BCUT2D eigenvalue weighted by Gasteiger charge is -2.42. The van der Waals surface area contributed by atoms with E-state index in [9.17, 15) is 10.2 Å². The number of likely N-dealkylation sites (tertiary alicyclic amines) is 1. The minimum absolute atomic E-state index is 0.00286. The van der Waals surface area contributed by atoms with Crippen LogP contribution >= 0.6 is 11.6 Å². The molecule has 32 heavy (non-hydrogen) atoms. The number of piperidine rings is 1. The van der Waals surface area contributed by atoms with Crippen LogP contribution in [0, 0.1) is 0 Å². The van der Waals surface area contributed by atoms with Crippen molar-refractivity contribution in [2.45, 2.75) is 31.2 Å². The monoisotopic (exact) mass is 457 g/mol. The maximum Gasteiger partial charge on any atom is 0.137 e. The molecule has 0 bridgehead atoms. The minimum atomic E-state index is -1.35. The lowest BCUT2D eigenvalue weighted by Crippen LogP contribution is -2.59. The standard InChI is InChI=1S/C24H28ClN3O4/c25-20-5-7-21(8-6-20)32-18-24(30)17-27(12-9-23(24)29)16-19-3-1-4-22(15-19)31-14-13-28-11-2-10-26-28/h1-8,10-11,15,23,29-30H,9,12-14,16-18H2/t23-,24-/m0/s1. The van der Waals surface area contributed by atoms with Crippen molar-refractivity contribution in [3.8, 4) is 11.5 Å². The largest absolute Gasteiger partial charge is 0.492 e. The van der Waals surface area contributed by atoms with Gasteiger partial charge in [0, 0.05) is 37.1 Å². The number of nitrogens with zero attached hydrogens (tertiary/aromatic N) is 3. The van der Waals surface area contributed by atoms with E-state index in [1.165, 1.54) is 0 Å². The van der Waals surface area contributed by atoms with Gasteiger partial charge in [0.05, 0.1) is 12.6 Å². The van der Waals surface area contributed by atoms with E-state index in [4.69, 9.17) is 21.1 Å². The third-order valence-corrected chi connectivity index (χ3v) is 5.84. The molecule has 2 atom stereocenters. The molecule has 1 aliphatic heterocycles. The third-order valence-electron chi connectivity index (χ3n) is 5.59. The highest BCUT2D eigenvalue weighted by atomic mass is 35.5. The highest BCUT2D eigenvalue weighted by molar-refractivity contribution is 6.30. The van der Waals surface area contributed by atoms with Gasteiger partial charge in [0.15, 0.2) is 0 Å². The highest BCUT2D eigenvalue weighted by Gasteiger charge is 2.42. The summed E-state index contributed by atoms with van der Waals surface area (Å²) in [5.41, 5.74) is -0.269. The van der Waals surface area contributed by atoms with Crippen LogP contribution in [-0.4, -0.2) is 62.9 Å². The van der Waals surface area contributed by atoms with Crippen molar-refractivity contribution in [3.63, 3.8) is 0 Å². The van der Waals surface area contributed by atoms with Crippen molar-refractivity contribution in [3.05, 3.63) is 77.6 Å². The van der Waals surface area contributed by atoms with Gasteiger partial charge in [0.25, 0.3) is 0 Å². The molecule has 4 rings (SSSR count). The van der Waals surface area contributed by atoms with Gasteiger partial charge < -0.3 is 19.7 Å². The number of aliphatic hydroxyl groups is 2. The molecule has 0 spiro atoms. The highest BCUT2D eigenvalue weighted by Crippen LogP contribution is 2.26. The average molecular weight is 458 g/mol. The van der Waals surface area contributed by atoms with Crippen LogP contribution in [0.3, 0.4) is 0 Å². The summed E-state index contributed by atoms with van der Waals surface area (Å²) in [6.07, 6.45) is 3.28. The molecule has 2 aromatic carbocycles. The van der Waals surface area contributed by atoms with E-state index in [0.29, 0.717) is 50.0 Å². The third kappa shape index (κ3) is 6.01. The zero-order valence-electron chi connectivity index (χ0n) is 17.8. The van der Waals surface area contributed by atoms with Crippen molar-refractivity contribution < 1.29 is 19.7 Å². The molecule has 0 radical (unpaired) electrons. The van der Waals surface area contributed by atoms with E-state index in [2.05, 4.69) is 10.00 Å². The van der Waals surface area contributed by atoms with Gasteiger partial charge in [-0.25, -0.2) is 0 Å². The second-order valence-electron chi connectivity index (χ2n) is 8.13. The first-order valence-electron chi connectivity index (χ1n) is 10.7. The van der Waals surface area contributed by atoms with Crippen LogP contribution in [0.15, 0.2) is 67.0 Å². The Morgan fingerprint density at radius 1 is 1.09 bits per heavy atom. The minimum Gasteiger partial charge on any atom is -0.492 e. The van der Waals surface area contributed by atoms with E-state index >= 15 is 0 Å². The predicted molar refractivity (Wildman–Crippen MR) is 122 cm³/mol. The number of aliphatic hydroxyl groups excluding tert-OH is 1. The van der Waals surface area contributed by atoms with Gasteiger partial charge in [-0.3, -0.25) is 9.58 Å². The quantitative estimate of drug-likeness (QED) is 0.514. The number of halogens is 1. The second kappa shape index (κ2) is 10.4. The molecular formula is C24H28ClN3O4. The normalized spacial score (nSPS) is 21.4. The second-order valence-corrected chi connectivity index (χ2v) is 8.56. The van der Waals surface area contributed by atoms with E-state index in [1.54, 1.807) is 30.5 Å². The summed E-state index contributed by atoms with van der Waals surface area (Å²) < 4.78 is 13.4. The van der Waals surface area contributed by atoms with Gasteiger partial charge >= 0.3 is 0 Å². The van der Waals surface area contributed by atoms with Crippen LogP contribution in [0.1, 0.15) is 12.0 Å². The first-order chi connectivity index (χ1) is 15.5.